The number of primary amides is 1. The summed E-state index contributed by atoms with van der Waals surface area (Å²) in [4.78, 5) is 35.6. The number of hydrogen-bond acceptors (Lipinski definition) is 5. The number of fused-ring (bicyclic) bond motifs is 1. The van der Waals surface area contributed by atoms with Gasteiger partial charge in [0, 0.05) is 6.54 Å². The molecule has 1 aliphatic rings. The van der Waals surface area contributed by atoms with Crippen molar-refractivity contribution < 1.29 is 31.2 Å². The Morgan fingerprint density at radius 3 is 2.25 bits per heavy atom. The molecule has 2 amide bonds. The number of pyridine rings is 1. The van der Waals surface area contributed by atoms with Gasteiger partial charge >= 0.3 is 6.18 Å². The number of halogens is 3. The molecule has 0 radical (unpaired) electrons. The van der Waals surface area contributed by atoms with Crippen molar-refractivity contribution in [2.45, 2.75) is 17.6 Å². The fourth-order valence-corrected chi connectivity index (χ4v) is 4.44. The number of nitrogens with zero attached hydrogens (tertiary/aromatic N) is 2. The van der Waals surface area contributed by atoms with Crippen molar-refractivity contribution in [2.75, 3.05) is 6.54 Å². The summed E-state index contributed by atoms with van der Waals surface area (Å²) >= 11 is 0. The van der Waals surface area contributed by atoms with E-state index in [4.69, 9.17) is 5.73 Å². The zero-order valence-electron chi connectivity index (χ0n) is 13.9. The lowest BCUT2D eigenvalue weighted by Crippen LogP contribution is -2.39. The third-order valence-electron chi connectivity index (χ3n) is 4.17. The van der Waals surface area contributed by atoms with Gasteiger partial charge in [-0.25, -0.2) is 12.7 Å². The molecule has 2 heterocycles. The minimum absolute atomic E-state index is 0.114. The van der Waals surface area contributed by atoms with Crippen molar-refractivity contribution in [3.8, 4) is 0 Å². The lowest BCUT2D eigenvalue weighted by molar-refractivity contribution is -0.144. The van der Waals surface area contributed by atoms with Gasteiger partial charge in [-0.2, -0.15) is 13.2 Å². The van der Waals surface area contributed by atoms with Crippen LogP contribution in [0.2, 0.25) is 0 Å². The molecule has 2 aromatic rings. The van der Waals surface area contributed by atoms with Gasteiger partial charge in [-0.3, -0.25) is 14.4 Å². The van der Waals surface area contributed by atoms with Crippen LogP contribution in [0.3, 0.4) is 0 Å². The summed E-state index contributed by atoms with van der Waals surface area (Å²) in [5.41, 5.74) is 1.46. The summed E-state index contributed by atoms with van der Waals surface area (Å²) in [6.45, 7) is -1.55. The molecule has 0 spiro atoms. The molecule has 0 fully saturated rings. The second-order valence-corrected chi connectivity index (χ2v) is 7.66. The molecule has 0 atom stereocenters. The summed E-state index contributed by atoms with van der Waals surface area (Å²) in [6.07, 6.45) is -4.95. The molecule has 3 rings (SSSR count). The molecular weight excluding hydrogens is 403 g/mol. The average Bonchev–Trinajstić information content (AvgIpc) is 2.79. The highest BCUT2D eigenvalue weighted by Gasteiger charge is 2.41. The first kappa shape index (κ1) is 19.6. The standard InChI is InChI=1S/C16H12F3N3O5S/c17-16(18,19)12-6-5-10(13(20)23)14(24)21(12)7-8-22-15(25)9-3-1-2-4-11(9)28(22,26)27/h1-6H,7-8H2,(H2,20,23). The fourth-order valence-electron chi connectivity index (χ4n) is 2.88. The van der Waals surface area contributed by atoms with Crippen LogP contribution >= 0.6 is 0 Å². The molecule has 148 valence electrons. The second-order valence-electron chi connectivity index (χ2n) is 5.83. The Labute approximate surface area is 156 Å². The lowest BCUT2D eigenvalue weighted by Gasteiger charge is -2.19. The fraction of sp³-hybridized carbons (Fsp3) is 0.188. The minimum Gasteiger partial charge on any atom is -0.365 e. The molecule has 0 aliphatic carbocycles. The van der Waals surface area contributed by atoms with Gasteiger partial charge in [-0.05, 0) is 24.3 Å². The molecular formula is C16H12F3N3O5S. The number of hydrogen-bond donors (Lipinski definition) is 1. The number of rotatable bonds is 4. The van der Waals surface area contributed by atoms with Crippen molar-refractivity contribution in [1.29, 1.82) is 0 Å². The zero-order chi connectivity index (χ0) is 20.9. The van der Waals surface area contributed by atoms with Gasteiger partial charge < -0.3 is 10.3 Å². The van der Waals surface area contributed by atoms with E-state index in [0.29, 0.717) is 16.4 Å². The topological polar surface area (TPSA) is 120 Å². The summed E-state index contributed by atoms with van der Waals surface area (Å²) in [5.74, 6) is -2.15. The first-order valence-electron chi connectivity index (χ1n) is 7.73. The number of carbonyl (C=O) groups excluding carboxylic acids is 2. The van der Waals surface area contributed by atoms with Crippen molar-refractivity contribution in [3.63, 3.8) is 0 Å². The predicted octanol–water partition coefficient (Wildman–Crippen LogP) is 0.811. The van der Waals surface area contributed by atoms with Gasteiger partial charge in [-0.15, -0.1) is 0 Å². The van der Waals surface area contributed by atoms with Gasteiger partial charge in [-0.1, -0.05) is 12.1 Å². The SMILES string of the molecule is NC(=O)c1ccc(C(F)(F)F)n(CCN2C(=O)c3ccccc3S2(=O)=O)c1=O. The smallest absolute Gasteiger partial charge is 0.365 e. The second kappa shape index (κ2) is 6.48. The number of nitrogens with two attached hydrogens (primary N) is 1. The highest BCUT2D eigenvalue weighted by atomic mass is 32.2. The van der Waals surface area contributed by atoms with Gasteiger partial charge in [0.1, 0.15) is 16.2 Å². The minimum atomic E-state index is -4.95. The number of benzene rings is 1. The molecule has 8 nitrogen and oxygen atoms in total. The van der Waals surface area contributed by atoms with E-state index >= 15 is 0 Å². The molecule has 12 heteroatoms. The van der Waals surface area contributed by atoms with E-state index in [1.807, 2.05) is 0 Å². The molecule has 0 unspecified atom stereocenters. The first-order chi connectivity index (χ1) is 13.0. The van der Waals surface area contributed by atoms with Crippen molar-refractivity contribution in [3.05, 3.63) is 63.6 Å². The predicted molar refractivity (Wildman–Crippen MR) is 88.9 cm³/mol. The summed E-state index contributed by atoms with van der Waals surface area (Å²) in [5, 5.41) is 0. The summed E-state index contributed by atoms with van der Waals surface area (Å²) < 4.78 is 65.2. The first-order valence-corrected chi connectivity index (χ1v) is 9.17. The Balaban J connectivity index is 2.02. The third-order valence-corrected chi connectivity index (χ3v) is 6.01. The van der Waals surface area contributed by atoms with Crippen molar-refractivity contribution in [1.82, 2.24) is 8.87 Å². The van der Waals surface area contributed by atoms with Crippen LogP contribution in [-0.4, -0.2) is 35.6 Å². The maximum absolute atomic E-state index is 13.2. The van der Waals surface area contributed by atoms with Gasteiger partial charge in [0.2, 0.25) is 0 Å². The number of sulfonamides is 1. The molecule has 1 aromatic heterocycles. The van der Waals surface area contributed by atoms with Gasteiger partial charge in [0.15, 0.2) is 0 Å². The van der Waals surface area contributed by atoms with Crippen LogP contribution in [0.25, 0.3) is 0 Å². The Bertz CT molecular complexity index is 1150. The maximum atomic E-state index is 13.2. The van der Waals surface area contributed by atoms with Crippen molar-refractivity contribution in [2.24, 2.45) is 5.73 Å². The molecule has 1 aromatic carbocycles. The normalized spacial score (nSPS) is 15.5. The van der Waals surface area contributed by atoms with Crippen LogP contribution in [0.15, 0.2) is 46.1 Å². The highest BCUT2D eigenvalue weighted by Crippen LogP contribution is 2.31. The summed E-state index contributed by atoms with van der Waals surface area (Å²) in [7, 11) is -4.26. The number of aromatic nitrogens is 1. The van der Waals surface area contributed by atoms with E-state index in [9.17, 15) is 36.0 Å². The van der Waals surface area contributed by atoms with Crippen LogP contribution in [0, 0.1) is 0 Å². The Morgan fingerprint density at radius 2 is 1.68 bits per heavy atom. The van der Waals surface area contributed by atoms with Gasteiger partial charge in [0.05, 0.1) is 12.1 Å². The molecule has 0 saturated heterocycles. The average molecular weight is 415 g/mol. The van der Waals surface area contributed by atoms with E-state index in [-0.39, 0.29) is 15.0 Å². The van der Waals surface area contributed by atoms with E-state index in [1.54, 1.807) is 0 Å². The zero-order valence-corrected chi connectivity index (χ0v) is 14.7. The summed E-state index contributed by atoms with van der Waals surface area (Å²) in [6, 6.07) is 6.46. The van der Waals surface area contributed by atoms with Crippen LogP contribution in [0.1, 0.15) is 26.4 Å². The molecule has 0 saturated carbocycles. The van der Waals surface area contributed by atoms with E-state index in [0.717, 1.165) is 0 Å². The molecule has 28 heavy (non-hydrogen) atoms. The molecule has 0 bridgehead atoms. The molecule has 1 aliphatic heterocycles. The monoisotopic (exact) mass is 415 g/mol. The van der Waals surface area contributed by atoms with Gasteiger partial charge in [0.25, 0.3) is 27.4 Å². The largest absolute Gasteiger partial charge is 0.431 e. The van der Waals surface area contributed by atoms with Crippen molar-refractivity contribution >= 4 is 21.8 Å². The number of carbonyl (C=O) groups is 2. The van der Waals surface area contributed by atoms with Crippen LogP contribution in [0.4, 0.5) is 13.2 Å². The van der Waals surface area contributed by atoms with E-state index in [2.05, 4.69) is 0 Å². The Kier molecular flexibility index (Phi) is 4.54. The van der Waals surface area contributed by atoms with Crippen LogP contribution in [-0.2, 0) is 22.7 Å². The van der Waals surface area contributed by atoms with Crippen LogP contribution < -0.4 is 11.3 Å². The lowest BCUT2D eigenvalue weighted by atomic mass is 10.2. The molecule has 2 N–H and O–H groups in total. The maximum Gasteiger partial charge on any atom is 0.431 e. The third kappa shape index (κ3) is 3.05. The Hall–Kier alpha value is -3.15. The van der Waals surface area contributed by atoms with E-state index in [1.165, 1.54) is 24.3 Å². The number of amides is 2. The van der Waals surface area contributed by atoms with Crippen LogP contribution in [0.5, 0.6) is 0 Å². The quantitative estimate of drug-likeness (QED) is 0.793. The Morgan fingerprint density at radius 1 is 1.04 bits per heavy atom. The van der Waals surface area contributed by atoms with E-state index < -0.39 is 57.9 Å². The highest BCUT2D eigenvalue weighted by molar-refractivity contribution is 7.90. The number of alkyl halides is 3.